The Morgan fingerprint density at radius 3 is 2.95 bits per heavy atom. The lowest BCUT2D eigenvalue weighted by molar-refractivity contribution is -0.0950. The van der Waals surface area contributed by atoms with E-state index in [4.69, 9.17) is 9.47 Å². The van der Waals surface area contributed by atoms with Gasteiger partial charge in [0.05, 0.1) is 13.2 Å². The van der Waals surface area contributed by atoms with Crippen molar-refractivity contribution in [2.75, 3.05) is 40.0 Å². The minimum absolute atomic E-state index is 0.472. The molecule has 0 saturated carbocycles. The molecule has 1 spiro atoms. The number of rotatable bonds is 4. The number of likely N-dealkylation sites (tertiary alicyclic amines) is 1. The van der Waals surface area contributed by atoms with Gasteiger partial charge >= 0.3 is 0 Å². The Morgan fingerprint density at radius 2 is 2.25 bits per heavy atom. The number of piperidine rings is 1. The Balaban J connectivity index is 1.58. The van der Waals surface area contributed by atoms with E-state index in [1.807, 2.05) is 18.4 Å². The van der Waals surface area contributed by atoms with Crippen LogP contribution >= 0.6 is 11.3 Å². The van der Waals surface area contributed by atoms with E-state index >= 15 is 0 Å². The second-order valence-electron chi connectivity index (χ2n) is 6.20. The SMILES string of the molecule is COC[C@H]1COCCC12CCN(Cc1cccs1)CC2. The van der Waals surface area contributed by atoms with Crippen LogP contribution in [0.1, 0.15) is 24.1 Å². The lowest BCUT2D eigenvalue weighted by Gasteiger charge is -2.48. The quantitative estimate of drug-likeness (QED) is 0.852. The number of hydrogen-bond donors (Lipinski definition) is 0. The first-order chi connectivity index (χ1) is 9.82. The predicted octanol–water partition coefficient (Wildman–Crippen LogP) is 3.01. The molecule has 20 heavy (non-hydrogen) atoms. The van der Waals surface area contributed by atoms with Gasteiger partial charge in [0.2, 0.25) is 0 Å². The second kappa shape index (κ2) is 6.56. The highest BCUT2D eigenvalue weighted by Crippen LogP contribution is 2.45. The molecular formula is C16H25NO2S. The van der Waals surface area contributed by atoms with E-state index in [0.29, 0.717) is 11.3 Å². The summed E-state index contributed by atoms with van der Waals surface area (Å²) in [6, 6.07) is 4.40. The van der Waals surface area contributed by atoms with Crippen molar-refractivity contribution in [2.24, 2.45) is 11.3 Å². The molecule has 0 aromatic carbocycles. The number of thiophene rings is 1. The van der Waals surface area contributed by atoms with Crippen molar-refractivity contribution in [3.05, 3.63) is 22.4 Å². The van der Waals surface area contributed by atoms with E-state index in [9.17, 15) is 0 Å². The van der Waals surface area contributed by atoms with Crippen molar-refractivity contribution in [1.82, 2.24) is 4.90 Å². The predicted molar refractivity (Wildman–Crippen MR) is 82.1 cm³/mol. The van der Waals surface area contributed by atoms with Gasteiger partial charge in [0.1, 0.15) is 0 Å². The van der Waals surface area contributed by atoms with Crippen molar-refractivity contribution in [3.63, 3.8) is 0 Å². The first-order valence-corrected chi connectivity index (χ1v) is 8.52. The Hall–Kier alpha value is -0.420. The summed E-state index contributed by atoms with van der Waals surface area (Å²) in [6.45, 7) is 6.24. The Labute approximate surface area is 125 Å². The molecular weight excluding hydrogens is 270 g/mol. The first kappa shape index (κ1) is 14.5. The molecule has 3 heterocycles. The smallest absolute Gasteiger partial charge is 0.0521 e. The third-order valence-corrected chi connectivity index (χ3v) is 5.97. The van der Waals surface area contributed by atoms with Crippen LogP contribution in [-0.4, -0.2) is 44.9 Å². The molecule has 0 aliphatic carbocycles. The van der Waals surface area contributed by atoms with Crippen LogP contribution in [0.25, 0.3) is 0 Å². The maximum absolute atomic E-state index is 5.68. The minimum atomic E-state index is 0.472. The van der Waals surface area contributed by atoms with Gasteiger partial charge in [-0.2, -0.15) is 0 Å². The van der Waals surface area contributed by atoms with Gasteiger partial charge in [-0.1, -0.05) is 6.07 Å². The van der Waals surface area contributed by atoms with Gasteiger partial charge in [-0.15, -0.1) is 11.3 Å². The molecule has 4 heteroatoms. The molecule has 112 valence electrons. The summed E-state index contributed by atoms with van der Waals surface area (Å²) in [5, 5.41) is 2.17. The van der Waals surface area contributed by atoms with Gasteiger partial charge in [0.25, 0.3) is 0 Å². The fourth-order valence-corrected chi connectivity index (χ4v) is 4.49. The zero-order valence-electron chi connectivity index (χ0n) is 12.3. The van der Waals surface area contributed by atoms with Crippen molar-refractivity contribution in [1.29, 1.82) is 0 Å². The van der Waals surface area contributed by atoms with Crippen LogP contribution in [0.4, 0.5) is 0 Å². The third-order valence-electron chi connectivity index (χ3n) is 5.11. The molecule has 1 atom stereocenters. The molecule has 0 unspecified atom stereocenters. The number of methoxy groups -OCH3 is 1. The fraction of sp³-hybridized carbons (Fsp3) is 0.750. The van der Waals surface area contributed by atoms with Gasteiger partial charge in [0, 0.05) is 31.1 Å². The molecule has 1 aromatic heterocycles. The summed E-state index contributed by atoms with van der Waals surface area (Å²) >= 11 is 1.87. The summed E-state index contributed by atoms with van der Waals surface area (Å²) in [6.07, 6.45) is 3.82. The summed E-state index contributed by atoms with van der Waals surface area (Å²) < 4.78 is 11.1. The molecule has 0 N–H and O–H groups in total. The van der Waals surface area contributed by atoms with Gasteiger partial charge in [-0.05, 0) is 49.2 Å². The second-order valence-corrected chi connectivity index (χ2v) is 7.23. The van der Waals surface area contributed by atoms with Crippen molar-refractivity contribution >= 4 is 11.3 Å². The highest BCUT2D eigenvalue weighted by Gasteiger charge is 2.43. The molecule has 3 rings (SSSR count). The molecule has 2 aliphatic heterocycles. The Morgan fingerprint density at radius 1 is 1.40 bits per heavy atom. The number of nitrogens with zero attached hydrogens (tertiary/aromatic N) is 1. The van der Waals surface area contributed by atoms with E-state index in [1.54, 1.807) is 0 Å². The van der Waals surface area contributed by atoms with Gasteiger partial charge < -0.3 is 9.47 Å². The van der Waals surface area contributed by atoms with Gasteiger partial charge in [0.15, 0.2) is 0 Å². The van der Waals surface area contributed by atoms with E-state index in [0.717, 1.165) is 26.4 Å². The zero-order chi connectivity index (χ0) is 13.8. The topological polar surface area (TPSA) is 21.7 Å². The summed E-state index contributed by atoms with van der Waals surface area (Å²) in [5.74, 6) is 0.588. The molecule has 1 aromatic rings. The van der Waals surface area contributed by atoms with E-state index in [2.05, 4.69) is 22.4 Å². The lowest BCUT2D eigenvalue weighted by Crippen LogP contribution is -2.49. The van der Waals surface area contributed by atoms with Crippen LogP contribution in [0, 0.1) is 11.3 Å². The lowest BCUT2D eigenvalue weighted by atomic mass is 9.66. The maximum atomic E-state index is 5.68. The summed E-state index contributed by atoms with van der Waals surface area (Å²) in [5.41, 5.74) is 0.472. The zero-order valence-corrected chi connectivity index (χ0v) is 13.2. The van der Waals surface area contributed by atoms with Crippen molar-refractivity contribution in [3.8, 4) is 0 Å². The molecule has 2 fully saturated rings. The van der Waals surface area contributed by atoms with E-state index < -0.39 is 0 Å². The normalized spacial score (nSPS) is 26.9. The molecule has 3 nitrogen and oxygen atoms in total. The van der Waals surface area contributed by atoms with Gasteiger partial charge in [-0.3, -0.25) is 4.90 Å². The number of ether oxygens (including phenoxy) is 2. The van der Waals surface area contributed by atoms with Crippen molar-refractivity contribution in [2.45, 2.75) is 25.8 Å². The largest absolute Gasteiger partial charge is 0.384 e. The monoisotopic (exact) mass is 295 g/mol. The molecule has 0 radical (unpaired) electrons. The van der Waals surface area contributed by atoms with Crippen LogP contribution in [0.15, 0.2) is 17.5 Å². The Bertz CT molecular complexity index is 397. The van der Waals surface area contributed by atoms with E-state index in [1.165, 1.54) is 37.2 Å². The fourth-order valence-electron chi connectivity index (χ4n) is 3.75. The molecule has 0 amide bonds. The van der Waals surface area contributed by atoms with Crippen LogP contribution in [0.2, 0.25) is 0 Å². The van der Waals surface area contributed by atoms with Crippen molar-refractivity contribution < 1.29 is 9.47 Å². The summed E-state index contributed by atoms with van der Waals surface area (Å²) in [4.78, 5) is 4.09. The number of hydrogen-bond acceptors (Lipinski definition) is 4. The Kier molecular flexibility index (Phi) is 4.76. The molecule has 2 aliphatic rings. The van der Waals surface area contributed by atoms with E-state index in [-0.39, 0.29) is 0 Å². The molecule has 0 bridgehead atoms. The van der Waals surface area contributed by atoms with Crippen LogP contribution in [-0.2, 0) is 16.0 Å². The highest BCUT2D eigenvalue weighted by molar-refractivity contribution is 7.09. The van der Waals surface area contributed by atoms with Gasteiger partial charge in [-0.25, -0.2) is 0 Å². The van der Waals surface area contributed by atoms with Crippen LogP contribution in [0.3, 0.4) is 0 Å². The first-order valence-electron chi connectivity index (χ1n) is 7.64. The third kappa shape index (κ3) is 3.08. The van der Waals surface area contributed by atoms with Crippen LogP contribution < -0.4 is 0 Å². The average Bonchev–Trinajstić information content (AvgIpc) is 2.97. The summed E-state index contributed by atoms with van der Waals surface area (Å²) in [7, 11) is 1.81. The highest BCUT2D eigenvalue weighted by atomic mass is 32.1. The maximum Gasteiger partial charge on any atom is 0.0521 e. The standard InChI is InChI=1S/C16H25NO2S/c1-18-12-14-13-19-9-6-16(14)4-7-17(8-5-16)11-15-3-2-10-20-15/h2-3,10,14H,4-9,11-13H2,1H3/t14-/m0/s1. The molecule has 2 saturated heterocycles. The van der Waals surface area contributed by atoms with Crippen LogP contribution in [0.5, 0.6) is 0 Å². The average molecular weight is 295 g/mol. The minimum Gasteiger partial charge on any atom is -0.384 e.